The number of nitrogen functional groups attached to an aromatic ring is 1. The van der Waals surface area contributed by atoms with Crippen molar-refractivity contribution in [2.75, 3.05) is 5.73 Å². The van der Waals surface area contributed by atoms with E-state index in [-0.39, 0.29) is 0 Å². The minimum absolute atomic E-state index is 0.584. The molecule has 2 N–H and O–H groups in total. The molecule has 76 valence electrons. The van der Waals surface area contributed by atoms with Gasteiger partial charge in [-0.15, -0.1) is 0 Å². The highest BCUT2D eigenvalue weighted by Crippen LogP contribution is 2.32. The summed E-state index contributed by atoms with van der Waals surface area (Å²) in [6, 6.07) is 0. The second-order valence-corrected chi connectivity index (χ2v) is 3.97. The molecule has 3 nitrogen and oxygen atoms in total. The predicted molar refractivity (Wildman–Crippen MR) is 57.0 cm³/mol. The summed E-state index contributed by atoms with van der Waals surface area (Å²) in [6.45, 7) is 2.08. The van der Waals surface area contributed by atoms with Crippen molar-refractivity contribution in [2.24, 2.45) is 0 Å². The van der Waals surface area contributed by atoms with Crippen LogP contribution in [0.25, 0.3) is 0 Å². The molecule has 1 saturated carbocycles. The summed E-state index contributed by atoms with van der Waals surface area (Å²) in [5.74, 6) is 1.59. The molecule has 1 heterocycles. The number of aryl methyl sites for hydroxylation is 1. The van der Waals surface area contributed by atoms with E-state index in [0.29, 0.717) is 5.92 Å². The Kier molecular flexibility index (Phi) is 2.66. The normalized spacial score (nSPS) is 17.5. The first-order chi connectivity index (χ1) is 6.81. The number of rotatable bonds is 2. The third kappa shape index (κ3) is 1.72. The van der Waals surface area contributed by atoms with Gasteiger partial charge in [0.1, 0.15) is 5.82 Å². The van der Waals surface area contributed by atoms with Gasteiger partial charge >= 0.3 is 0 Å². The van der Waals surface area contributed by atoms with E-state index in [1.807, 2.05) is 0 Å². The molecule has 0 unspecified atom stereocenters. The number of aromatic nitrogens is 2. The van der Waals surface area contributed by atoms with Crippen LogP contribution in [0.3, 0.4) is 0 Å². The zero-order valence-electron chi connectivity index (χ0n) is 8.66. The van der Waals surface area contributed by atoms with Crippen LogP contribution in [0, 0.1) is 0 Å². The number of nitrogens with two attached hydrogens (primary N) is 1. The topological polar surface area (TPSA) is 51.8 Å². The van der Waals surface area contributed by atoms with Crippen LogP contribution in [-0.2, 0) is 6.42 Å². The minimum atomic E-state index is 0.584. The first kappa shape index (κ1) is 9.44. The van der Waals surface area contributed by atoms with Crippen molar-refractivity contribution in [1.29, 1.82) is 0 Å². The van der Waals surface area contributed by atoms with Gasteiger partial charge in [-0.1, -0.05) is 19.8 Å². The van der Waals surface area contributed by atoms with Crippen molar-refractivity contribution < 1.29 is 0 Å². The number of hydrogen-bond donors (Lipinski definition) is 1. The monoisotopic (exact) mass is 191 g/mol. The molecule has 0 spiro atoms. The standard InChI is InChI=1S/C11H17N3/c1-2-10-9(12)7-13-11(14-10)8-5-3-4-6-8/h7-8H,2-6,12H2,1H3. The molecule has 1 aromatic rings. The van der Waals surface area contributed by atoms with Gasteiger partial charge in [0.05, 0.1) is 17.6 Å². The van der Waals surface area contributed by atoms with Crippen molar-refractivity contribution in [2.45, 2.75) is 44.9 Å². The van der Waals surface area contributed by atoms with Crippen molar-refractivity contribution in [3.63, 3.8) is 0 Å². The molecule has 0 aromatic carbocycles. The van der Waals surface area contributed by atoms with Crippen LogP contribution in [0.4, 0.5) is 5.69 Å². The lowest BCUT2D eigenvalue weighted by Gasteiger charge is -2.09. The van der Waals surface area contributed by atoms with Crippen molar-refractivity contribution in [3.05, 3.63) is 17.7 Å². The van der Waals surface area contributed by atoms with Crippen LogP contribution in [0.1, 0.15) is 50.0 Å². The van der Waals surface area contributed by atoms with E-state index in [4.69, 9.17) is 5.73 Å². The highest BCUT2D eigenvalue weighted by atomic mass is 14.9. The first-order valence-electron chi connectivity index (χ1n) is 5.42. The molecule has 0 atom stereocenters. The van der Waals surface area contributed by atoms with Crippen LogP contribution in [0.2, 0.25) is 0 Å². The molecule has 1 aliphatic rings. The summed E-state index contributed by atoms with van der Waals surface area (Å²) < 4.78 is 0. The molecule has 3 heteroatoms. The lowest BCUT2D eigenvalue weighted by atomic mass is 10.1. The number of nitrogens with zero attached hydrogens (tertiary/aromatic N) is 2. The summed E-state index contributed by atoms with van der Waals surface area (Å²) >= 11 is 0. The zero-order valence-corrected chi connectivity index (χ0v) is 8.66. The molecule has 0 bridgehead atoms. The highest BCUT2D eigenvalue weighted by molar-refractivity contribution is 5.40. The molecule has 2 rings (SSSR count). The quantitative estimate of drug-likeness (QED) is 0.780. The largest absolute Gasteiger partial charge is 0.396 e. The van der Waals surface area contributed by atoms with Gasteiger partial charge in [-0.05, 0) is 19.3 Å². The van der Waals surface area contributed by atoms with Gasteiger partial charge in [-0.2, -0.15) is 0 Å². The van der Waals surface area contributed by atoms with Crippen LogP contribution in [0.15, 0.2) is 6.20 Å². The number of anilines is 1. The van der Waals surface area contributed by atoms with Crippen LogP contribution in [-0.4, -0.2) is 9.97 Å². The molecule has 0 saturated heterocycles. The van der Waals surface area contributed by atoms with Crippen LogP contribution >= 0.6 is 0 Å². The van der Waals surface area contributed by atoms with E-state index in [1.165, 1.54) is 25.7 Å². The average molecular weight is 191 g/mol. The predicted octanol–water partition coefficient (Wildman–Crippen LogP) is 2.28. The molecule has 0 aliphatic heterocycles. The zero-order chi connectivity index (χ0) is 9.97. The van der Waals surface area contributed by atoms with E-state index >= 15 is 0 Å². The Hall–Kier alpha value is -1.12. The second-order valence-electron chi connectivity index (χ2n) is 3.97. The third-order valence-electron chi connectivity index (χ3n) is 2.97. The maximum Gasteiger partial charge on any atom is 0.131 e. The summed E-state index contributed by atoms with van der Waals surface area (Å²) in [7, 11) is 0. The van der Waals surface area contributed by atoms with Gasteiger partial charge in [0, 0.05) is 5.92 Å². The average Bonchev–Trinajstić information content (AvgIpc) is 2.71. The fourth-order valence-corrected chi connectivity index (χ4v) is 2.11. The molecule has 1 aromatic heterocycles. The van der Waals surface area contributed by atoms with E-state index in [9.17, 15) is 0 Å². The van der Waals surface area contributed by atoms with Crippen LogP contribution < -0.4 is 5.73 Å². The Morgan fingerprint density at radius 1 is 1.43 bits per heavy atom. The van der Waals surface area contributed by atoms with Crippen molar-refractivity contribution >= 4 is 5.69 Å². The van der Waals surface area contributed by atoms with E-state index in [2.05, 4.69) is 16.9 Å². The summed E-state index contributed by atoms with van der Waals surface area (Å²) in [5.41, 5.74) is 7.51. The summed E-state index contributed by atoms with van der Waals surface area (Å²) in [5, 5.41) is 0. The second kappa shape index (κ2) is 3.95. The Balaban J connectivity index is 2.25. The SMILES string of the molecule is CCc1nc(C2CCCC2)ncc1N. The smallest absolute Gasteiger partial charge is 0.131 e. The van der Waals surface area contributed by atoms with Gasteiger partial charge in [-0.3, -0.25) is 0 Å². The third-order valence-corrected chi connectivity index (χ3v) is 2.97. The Labute approximate surface area is 84.8 Å². The highest BCUT2D eigenvalue weighted by Gasteiger charge is 2.20. The maximum atomic E-state index is 5.77. The Morgan fingerprint density at radius 2 is 2.14 bits per heavy atom. The molecular weight excluding hydrogens is 174 g/mol. The van der Waals surface area contributed by atoms with Gasteiger partial charge in [0.2, 0.25) is 0 Å². The van der Waals surface area contributed by atoms with Gasteiger partial charge in [0.15, 0.2) is 0 Å². The maximum absolute atomic E-state index is 5.77. The summed E-state index contributed by atoms with van der Waals surface area (Å²) in [6.07, 6.45) is 7.79. The van der Waals surface area contributed by atoms with Crippen molar-refractivity contribution in [1.82, 2.24) is 9.97 Å². The van der Waals surface area contributed by atoms with Gasteiger partial charge < -0.3 is 5.73 Å². The van der Waals surface area contributed by atoms with Crippen LogP contribution in [0.5, 0.6) is 0 Å². The molecule has 0 radical (unpaired) electrons. The Bertz CT molecular complexity index is 316. The van der Waals surface area contributed by atoms with Gasteiger partial charge in [-0.25, -0.2) is 9.97 Å². The van der Waals surface area contributed by atoms with E-state index in [1.54, 1.807) is 6.20 Å². The number of hydrogen-bond acceptors (Lipinski definition) is 3. The first-order valence-corrected chi connectivity index (χ1v) is 5.42. The molecule has 1 aliphatic carbocycles. The molecule has 0 amide bonds. The summed E-state index contributed by atoms with van der Waals surface area (Å²) in [4.78, 5) is 8.87. The minimum Gasteiger partial charge on any atom is -0.396 e. The fourth-order valence-electron chi connectivity index (χ4n) is 2.11. The molecular formula is C11H17N3. The lowest BCUT2D eigenvalue weighted by Crippen LogP contribution is -2.06. The van der Waals surface area contributed by atoms with Crippen molar-refractivity contribution in [3.8, 4) is 0 Å². The lowest BCUT2D eigenvalue weighted by molar-refractivity contribution is 0.662. The Morgan fingerprint density at radius 3 is 2.79 bits per heavy atom. The van der Waals surface area contributed by atoms with E-state index in [0.717, 1.165) is 23.6 Å². The van der Waals surface area contributed by atoms with Gasteiger partial charge in [0.25, 0.3) is 0 Å². The fraction of sp³-hybridized carbons (Fsp3) is 0.636. The molecule has 1 fully saturated rings. The molecule has 14 heavy (non-hydrogen) atoms. The van der Waals surface area contributed by atoms with E-state index < -0.39 is 0 Å².